The maximum absolute atomic E-state index is 13.1. The minimum Gasteiger partial charge on any atom is -0.494 e. The standard InChI is InChI=1S/C28H25N5O7S/c1-2-40-23-13-11-20(12-14-23)29-25-16-15-24(18-26(25)33(36)37)41(38,39)32-22-10-6-9-21(17-22)31-28(35)27(34)30-19-7-4-3-5-8-19/h3-18,29,32H,2H2,1H3,(H,30,34)(H,31,35). The molecule has 2 amide bonds. The fraction of sp³-hybridized carbons (Fsp3) is 0.0714. The van der Waals surface area contributed by atoms with Crippen molar-refractivity contribution in [3.63, 3.8) is 0 Å². The Morgan fingerprint density at radius 1 is 0.780 bits per heavy atom. The Bertz CT molecular complexity index is 1680. The van der Waals surface area contributed by atoms with Crippen LogP contribution in [0.5, 0.6) is 5.75 Å². The number of benzene rings is 4. The molecule has 0 unspecified atom stereocenters. The third-order valence-corrected chi connectivity index (χ3v) is 6.91. The Kier molecular flexibility index (Phi) is 8.79. The number of para-hydroxylation sites is 1. The van der Waals surface area contributed by atoms with Crippen molar-refractivity contribution in [1.82, 2.24) is 0 Å². The van der Waals surface area contributed by atoms with E-state index in [0.717, 1.165) is 6.07 Å². The van der Waals surface area contributed by atoms with Crippen molar-refractivity contribution >= 4 is 56.0 Å². The molecular weight excluding hydrogens is 550 g/mol. The van der Waals surface area contributed by atoms with Gasteiger partial charge >= 0.3 is 11.8 Å². The molecule has 4 aromatic rings. The van der Waals surface area contributed by atoms with E-state index in [9.17, 15) is 28.1 Å². The van der Waals surface area contributed by atoms with E-state index in [1.54, 1.807) is 54.6 Å². The van der Waals surface area contributed by atoms with Gasteiger partial charge in [0.15, 0.2) is 0 Å². The predicted molar refractivity (Wildman–Crippen MR) is 155 cm³/mol. The van der Waals surface area contributed by atoms with E-state index in [2.05, 4.69) is 20.7 Å². The van der Waals surface area contributed by atoms with Crippen LogP contribution in [0.15, 0.2) is 102 Å². The molecule has 0 saturated heterocycles. The zero-order chi connectivity index (χ0) is 29.4. The van der Waals surface area contributed by atoms with Crippen LogP contribution in [0.3, 0.4) is 0 Å². The molecule has 0 aliphatic rings. The quantitative estimate of drug-likeness (QED) is 0.115. The number of sulfonamides is 1. The molecule has 210 valence electrons. The number of anilines is 5. The molecule has 0 aliphatic heterocycles. The van der Waals surface area contributed by atoms with Crippen molar-refractivity contribution in [2.75, 3.05) is 27.3 Å². The van der Waals surface area contributed by atoms with Crippen LogP contribution in [-0.2, 0) is 19.6 Å². The van der Waals surface area contributed by atoms with E-state index in [1.165, 1.54) is 36.4 Å². The monoisotopic (exact) mass is 575 g/mol. The first-order valence-corrected chi connectivity index (χ1v) is 13.7. The van der Waals surface area contributed by atoms with Crippen LogP contribution in [0.4, 0.5) is 34.1 Å². The average molecular weight is 576 g/mol. The van der Waals surface area contributed by atoms with Crippen LogP contribution >= 0.6 is 0 Å². The minimum atomic E-state index is -4.26. The highest BCUT2D eigenvalue weighted by atomic mass is 32.2. The van der Waals surface area contributed by atoms with Gasteiger partial charge in [-0.25, -0.2) is 8.42 Å². The van der Waals surface area contributed by atoms with Crippen molar-refractivity contribution in [2.45, 2.75) is 11.8 Å². The number of nitro benzene ring substituents is 1. The van der Waals surface area contributed by atoms with Gasteiger partial charge in [0, 0.05) is 23.1 Å². The van der Waals surface area contributed by atoms with Gasteiger partial charge in [-0.15, -0.1) is 0 Å². The number of hydrogen-bond acceptors (Lipinski definition) is 8. The van der Waals surface area contributed by atoms with Gasteiger partial charge < -0.3 is 20.7 Å². The topological polar surface area (TPSA) is 169 Å². The lowest BCUT2D eigenvalue weighted by molar-refractivity contribution is -0.384. The van der Waals surface area contributed by atoms with Crippen LogP contribution in [0.1, 0.15) is 6.92 Å². The number of hydrogen-bond donors (Lipinski definition) is 4. The molecule has 4 rings (SSSR count). The minimum absolute atomic E-state index is 0.0607. The van der Waals surface area contributed by atoms with Gasteiger partial charge in [-0.3, -0.25) is 24.4 Å². The molecule has 0 spiro atoms. The Balaban J connectivity index is 1.47. The molecule has 0 bridgehead atoms. The SMILES string of the molecule is CCOc1ccc(Nc2ccc(S(=O)(=O)Nc3cccc(NC(=O)C(=O)Nc4ccccc4)c3)cc2[N+](=O)[O-])cc1. The fourth-order valence-electron chi connectivity index (χ4n) is 3.66. The molecule has 0 atom stereocenters. The summed E-state index contributed by atoms with van der Waals surface area (Å²) in [5.74, 6) is -1.23. The number of amides is 2. The third-order valence-electron chi connectivity index (χ3n) is 5.53. The normalized spacial score (nSPS) is 10.8. The van der Waals surface area contributed by atoms with Crippen molar-refractivity contribution in [1.29, 1.82) is 0 Å². The zero-order valence-electron chi connectivity index (χ0n) is 21.7. The maximum atomic E-state index is 13.1. The fourth-order valence-corrected chi connectivity index (χ4v) is 4.73. The molecule has 4 N–H and O–H groups in total. The zero-order valence-corrected chi connectivity index (χ0v) is 22.5. The molecule has 13 heteroatoms. The summed E-state index contributed by atoms with van der Waals surface area (Å²) in [5, 5.41) is 19.5. The second kappa shape index (κ2) is 12.6. The first kappa shape index (κ1) is 28.6. The van der Waals surface area contributed by atoms with Gasteiger partial charge in [0.25, 0.3) is 15.7 Å². The number of carbonyl (C=O) groups excluding carboxylic acids is 2. The van der Waals surface area contributed by atoms with Gasteiger partial charge in [-0.05, 0) is 73.7 Å². The molecule has 0 fully saturated rings. The Morgan fingerprint density at radius 3 is 2.07 bits per heavy atom. The van der Waals surface area contributed by atoms with E-state index in [-0.39, 0.29) is 22.0 Å². The van der Waals surface area contributed by atoms with Crippen molar-refractivity contribution in [2.24, 2.45) is 0 Å². The van der Waals surface area contributed by atoms with E-state index >= 15 is 0 Å². The first-order valence-electron chi connectivity index (χ1n) is 12.2. The van der Waals surface area contributed by atoms with Gasteiger partial charge in [0.1, 0.15) is 11.4 Å². The second-order valence-electron chi connectivity index (χ2n) is 8.48. The molecule has 12 nitrogen and oxygen atoms in total. The van der Waals surface area contributed by atoms with E-state index in [1.807, 2.05) is 6.92 Å². The molecule has 41 heavy (non-hydrogen) atoms. The Hall–Kier alpha value is -5.43. The van der Waals surface area contributed by atoms with Crippen LogP contribution in [0.25, 0.3) is 0 Å². The number of nitrogens with zero attached hydrogens (tertiary/aromatic N) is 1. The van der Waals surface area contributed by atoms with Crippen LogP contribution < -0.4 is 25.4 Å². The highest BCUT2D eigenvalue weighted by Gasteiger charge is 2.22. The largest absolute Gasteiger partial charge is 0.494 e. The molecule has 0 aromatic heterocycles. The van der Waals surface area contributed by atoms with Gasteiger partial charge in [-0.1, -0.05) is 24.3 Å². The average Bonchev–Trinajstić information content (AvgIpc) is 2.94. The summed E-state index contributed by atoms with van der Waals surface area (Å²) in [6, 6.07) is 24.3. The van der Waals surface area contributed by atoms with Crippen molar-refractivity contribution in [3.8, 4) is 5.75 Å². The summed E-state index contributed by atoms with van der Waals surface area (Å²) in [5.41, 5.74) is 0.833. The Labute approximate surface area is 235 Å². The van der Waals surface area contributed by atoms with E-state index < -0.39 is 32.4 Å². The first-order chi connectivity index (χ1) is 19.6. The number of nitro groups is 1. The molecular formula is C28H25N5O7S. The van der Waals surface area contributed by atoms with Crippen molar-refractivity contribution < 1.29 is 27.7 Å². The van der Waals surface area contributed by atoms with Crippen LogP contribution in [0, 0.1) is 10.1 Å². The molecule has 0 saturated carbocycles. The lowest BCUT2D eigenvalue weighted by Gasteiger charge is -2.12. The predicted octanol–water partition coefficient (Wildman–Crippen LogP) is 5.12. The van der Waals surface area contributed by atoms with Crippen LogP contribution in [-0.4, -0.2) is 31.8 Å². The summed E-state index contributed by atoms with van der Waals surface area (Å²) < 4.78 is 33.9. The van der Waals surface area contributed by atoms with Gasteiger partial charge in [0.2, 0.25) is 0 Å². The molecule has 0 aliphatic carbocycles. The second-order valence-corrected chi connectivity index (χ2v) is 10.2. The highest BCUT2D eigenvalue weighted by molar-refractivity contribution is 7.92. The number of rotatable bonds is 10. The number of carbonyl (C=O) groups is 2. The maximum Gasteiger partial charge on any atom is 0.314 e. The van der Waals surface area contributed by atoms with Gasteiger partial charge in [0.05, 0.1) is 22.1 Å². The highest BCUT2D eigenvalue weighted by Crippen LogP contribution is 2.31. The number of nitrogens with one attached hydrogen (secondary N) is 4. The third kappa shape index (κ3) is 7.58. The summed E-state index contributed by atoms with van der Waals surface area (Å²) in [7, 11) is -4.26. The Morgan fingerprint density at radius 2 is 1.41 bits per heavy atom. The molecule has 0 radical (unpaired) electrons. The lowest BCUT2D eigenvalue weighted by Crippen LogP contribution is -2.29. The summed E-state index contributed by atoms with van der Waals surface area (Å²) in [6.45, 7) is 2.34. The van der Waals surface area contributed by atoms with E-state index in [4.69, 9.17) is 4.74 Å². The van der Waals surface area contributed by atoms with Crippen molar-refractivity contribution in [3.05, 3.63) is 107 Å². The summed E-state index contributed by atoms with van der Waals surface area (Å²) in [6.07, 6.45) is 0. The molecule has 4 aromatic carbocycles. The van der Waals surface area contributed by atoms with Gasteiger partial charge in [-0.2, -0.15) is 0 Å². The summed E-state index contributed by atoms with van der Waals surface area (Å²) >= 11 is 0. The lowest BCUT2D eigenvalue weighted by atomic mass is 10.2. The molecule has 0 heterocycles. The summed E-state index contributed by atoms with van der Waals surface area (Å²) in [4.78, 5) is 35.2. The number of ether oxygens (including phenoxy) is 1. The van der Waals surface area contributed by atoms with Crippen LogP contribution in [0.2, 0.25) is 0 Å². The smallest absolute Gasteiger partial charge is 0.314 e. The van der Waals surface area contributed by atoms with E-state index in [0.29, 0.717) is 23.7 Å².